The summed E-state index contributed by atoms with van der Waals surface area (Å²) in [5.74, 6) is -3.04. The topological polar surface area (TPSA) is 95.9 Å². The number of aliphatic hydroxyl groups is 1. The van der Waals surface area contributed by atoms with Crippen LogP contribution >= 0.6 is 0 Å². The summed E-state index contributed by atoms with van der Waals surface area (Å²) in [4.78, 5) is 41.2. The zero-order chi connectivity index (χ0) is 22.9. The van der Waals surface area contributed by atoms with Gasteiger partial charge < -0.3 is 20.1 Å². The number of hydrogen-bond acceptors (Lipinski definition) is 5. The van der Waals surface area contributed by atoms with Gasteiger partial charge in [-0.15, -0.1) is 0 Å². The van der Waals surface area contributed by atoms with Gasteiger partial charge in [-0.1, -0.05) is 37.3 Å². The minimum absolute atomic E-state index is 0.184. The second-order valence-corrected chi connectivity index (χ2v) is 8.60. The Morgan fingerprint density at radius 1 is 1.23 bits per heavy atom. The molecule has 1 heterocycles. The minimum Gasteiger partial charge on any atom is -0.466 e. The van der Waals surface area contributed by atoms with Crippen LogP contribution in [-0.2, 0) is 19.1 Å². The number of rotatable bonds is 6. The van der Waals surface area contributed by atoms with E-state index in [2.05, 4.69) is 5.32 Å². The number of anilines is 1. The highest BCUT2D eigenvalue weighted by Crippen LogP contribution is 2.45. The Kier molecular flexibility index (Phi) is 6.84. The van der Waals surface area contributed by atoms with E-state index in [1.54, 1.807) is 13.8 Å². The van der Waals surface area contributed by atoms with Crippen molar-refractivity contribution < 1.29 is 24.2 Å². The maximum absolute atomic E-state index is 13.5. The van der Waals surface area contributed by atoms with E-state index in [1.807, 2.05) is 51.1 Å². The molecular weight excluding hydrogens is 396 g/mol. The number of aryl methyl sites for hydroxylation is 2. The molecule has 1 aromatic carbocycles. The van der Waals surface area contributed by atoms with Gasteiger partial charge in [0.25, 0.3) is 0 Å². The number of aliphatic hydroxyl groups excluding tert-OH is 1. The van der Waals surface area contributed by atoms with Crippen LogP contribution in [0, 0.1) is 37.5 Å². The number of amides is 2. The highest BCUT2D eigenvalue weighted by Gasteiger charge is 2.58. The number of nitrogens with one attached hydrogen (secondary N) is 1. The van der Waals surface area contributed by atoms with Crippen molar-refractivity contribution in [1.29, 1.82) is 0 Å². The van der Waals surface area contributed by atoms with Crippen LogP contribution in [0.15, 0.2) is 30.4 Å². The molecule has 1 saturated heterocycles. The smallest absolute Gasteiger partial charge is 0.310 e. The van der Waals surface area contributed by atoms with E-state index in [-0.39, 0.29) is 30.9 Å². The summed E-state index contributed by atoms with van der Waals surface area (Å²) < 4.78 is 5.26. The molecule has 1 aliphatic heterocycles. The lowest BCUT2D eigenvalue weighted by molar-refractivity contribution is -0.155. The van der Waals surface area contributed by atoms with E-state index >= 15 is 0 Å². The lowest BCUT2D eigenvalue weighted by Crippen LogP contribution is -2.49. The molecule has 3 rings (SSSR count). The van der Waals surface area contributed by atoms with Gasteiger partial charge in [0.2, 0.25) is 11.8 Å². The van der Waals surface area contributed by atoms with Crippen LogP contribution in [0.1, 0.15) is 31.9 Å². The second kappa shape index (κ2) is 9.22. The predicted molar refractivity (Wildman–Crippen MR) is 117 cm³/mol. The molecule has 7 heteroatoms. The summed E-state index contributed by atoms with van der Waals surface area (Å²) in [6.07, 6.45) is 3.77. The Labute approximate surface area is 183 Å². The van der Waals surface area contributed by atoms with Crippen LogP contribution in [0.4, 0.5) is 5.69 Å². The number of carbonyl (C=O) groups is 3. The quantitative estimate of drug-likeness (QED) is 0.536. The molecule has 0 unspecified atom stereocenters. The number of benzene rings is 1. The first-order chi connectivity index (χ1) is 14.7. The van der Waals surface area contributed by atoms with Crippen LogP contribution in [0.2, 0.25) is 0 Å². The summed E-state index contributed by atoms with van der Waals surface area (Å²) in [6.45, 7) is 9.10. The maximum Gasteiger partial charge on any atom is 0.310 e. The number of hydrogen-bond donors (Lipinski definition) is 2. The zero-order valence-electron chi connectivity index (χ0n) is 18.8. The van der Waals surface area contributed by atoms with Crippen molar-refractivity contribution in [3.8, 4) is 0 Å². The largest absolute Gasteiger partial charge is 0.466 e. The number of para-hydroxylation sites is 1. The average molecular weight is 429 g/mol. The second-order valence-electron chi connectivity index (χ2n) is 8.60. The first kappa shape index (κ1) is 23.0. The number of fused-ring (bicyclic) bond motifs is 1. The molecule has 0 bridgehead atoms. The molecule has 1 fully saturated rings. The van der Waals surface area contributed by atoms with Crippen LogP contribution in [-0.4, -0.2) is 53.1 Å². The molecule has 1 aliphatic carbocycles. The molecule has 0 spiro atoms. The average Bonchev–Trinajstić information content (AvgIpc) is 3.02. The fraction of sp³-hybridized carbons (Fsp3) is 0.542. The Morgan fingerprint density at radius 2 is 1.87 bits per heavy atom. The van der Waals surface area contributed by atoms with Crippen LogP contribution in [0.25, 0.3) is 0 Å². The molecule has 2 N–H and O–H groups in total. The summed E-state index contributed by atoms with van der Waals surface area (Å²) >= 11 is 0. The van der Waals surface area contributed by atoms with E-state index in [0.717, 1.165) is 16.8 Å². The summed E-state index contributed by atoms with van der Waals surface area (Å²) in [7, 11) is 0. The third kappa shape index (κ3) is 4.11. The van der Waals surface area contributed by atoms with Gasteiger partial charge in [0, 0.05) is 11.6 Å². The van der Waals surface area contributed by atoms with Gasteiger partial charge in [0.15, 0.2) is 0 Å². The van der Waals surface area contributed by atoms with E-state index in [0.29, 0.717) is 0 Å². The number of nitrogens with zero attached hydrogens (tertiary/aromatic N) is 1. The van der Waals surface area contributed by atoms with E-state index in [4.69, 9.17) is 4.74 Å². The Hall–Kier alpha value is -2.67. The lowest BCUT2D eigenvalue weighted by atomic mass is 9.70. The van der Waals surface area contributed by atoms with Gasteiger partial charge in [-0.3, -0.25) is 14.4 Å². The number of carbonyl (C=O) groups excluding carboxylic acids is 3. The van der Waals surface area contributed by atoms with Gasteiger partial charge in [-0.2, -0.15) is 0 Å². The van der Waals surface area contributed by atoms with E-state index in [1.165, 1.54) is 4.90 Å². The zero-order valence-corrected chi connectivity index (χ0v) is 18.8. The van der Waals surface area contributed by atoms with Crippen molar-refractivity contribution in [3.63, 3.8) is 0 Å². The first-order valence-corrected chi connectivity index (χ1v) is 10.9. The third-order valence-corrected chi connectivity index (χ3v) is 6.50. The number of likely N-dealkylation sites (tertiary alicyclic amines) is 1. The summed E-state index contributed by atoms with van der Waals surface area (Å²) in [6, 6.07) is 4.37. The molecule has 6 atom stereocenters. The molecular formula is C24H32N2O5. The SMILES string of the molecule is CCOC(=O)[C@H]1[C@@H]2C(=O)N([C@H](C)CO)[C@H](C(=O)Nc3c(C)cccc3C)[C@H]2C=C[C@H]1C. The number of allylic oxidation sites excluding steroid dienone is 1. The van der Waals surface area contributed by atoms with Gasteiger partial charge in [-0.25, -0.2) is 0 Å². The van der Waals surface area contributed by atoms with Crippen LogP contribution in [0.5, 0.6) is 0 Å². The van der Waals surface area contributed by atoms with Crippen molar-refractivity contribution in [2.24, 2.45) is 23.7 Å². The number of esters is 1. The molecule has 7 nitrogen and oxygen atoms in total. The lowest BCUT2D eigenvalue weighted by Gasteiger charge is -2.32. The van der Waals surface area contributed by atoms with Crippen molar-refractivity contribution >= 4 is 23.5 Å². The molecule has 168 valence electrons. The Bertz CT molecular complexity index is 876. The molecule has 0 saturated carbocycles. The standard InChI is InChI=1S/C24H32N2O5/c1-6-31-24(30)18-13(2)10-11-17-19(18)23(29)26(16(5)12-27)21(17)22(28)25-20-14(3)8-7-9-15(20)4/h7-11,13,16-19,21,27H,6,12H2,1-5H3,(H,25,28)/t13-,16-,17+,18-,19-,21+/m1/s1. The van der Waals surface area contributed by atoms with E-state index < -0.39 is 35.8 Å². The molecule has 2 aliphatic rings. The van der Waals surface area contributed by atoms with Crippen LogP contribution < -0.4 is 5.32 Å². The fourth-order valence-corrected chi connectivity index (χ4v) is 4.91. The fourth-order valence-electron chi connectivity index (χ4n) is 4.91. The maximum atomic E-state index is 13.5. The number of ether oxygens (including phenoxy) is 1. The molecule has 1 aromatic rings. The van der Waals surface area contributed by atoms with Crippen LogP contribution in [0.3, 0.4) is 0 Å². The highest BCUT2D eigenvalue weighted by atomic mass is 16.5. The predicted octanol–water partition coefficient (Wildman–Crippen LogP) is 2.45. The van der Waals surface area contributed by atoms with Gasteiger partial charge in [-0.05, 0) is 44.7 Å². The summed E-state index contributed by atoms with van der Waals surface area (Å²) in [5, 5.41) is 12.8. The first-order valence-electron chi connectivity index (χ1n) is 10.9. The minimum atomic E-state index is -0.820. The van der Waals surface area contributed by atoms with Crippen molar-refractivity contribution in [1.82, 2.24) is 4.90 Å². The van der Waals surface area contributed by atoms with Crippen molar-refractivity contribution in [2.45, 2.75) is 46.7 Å². The summed E-state index contributed by atoms with van der Waals surface area (Å²) in [5.41, 5.74) is 2.57. The van der Waals surface area contributed by atoms with Crippen molar-refractivity contribution in [3.05, 3.63) is 41.5 Å². The molecule has 31 heavy (non-hydrogen) atoms. The third-order valence-electron chi connectivity index (χ3n) is 6.50. The molecule has 0 radical (unpaired) electrons. The van der Waals surface area contributed by atoms with Gasteiger partial charge >= 0.3 is 5.97 Å². The Balaban J connectivity index is 2.01. The molecule has 2 amide bonds. The highest BCUT2D eigenvalue weighted by molar-refractivity contribution is 6.02. The molecule has 0 aromatic heterocycles. The van der Waals surface area contributed by atoms with E-state index in [9.17, 15) is 19.5 Å². The normalized spacial score (nSPS) is 28.3. The monoisotopic (exact) mass is 428 g/mol. The van der Waals surface area contributed by atoms with Crippen molar-refractivity contribution in [2.75, 3.05) is 18.5 Å². The van der Waals surface area contributed by atoms with Gasteiger partial charge in [0.05, 0.1) is 31.1 Å². The van der Waals surface area contributed by atoms with Gasteiger partial charge in [0.1, 0.15) is 6.04 Å². The Morgan fingerprint density at radius 3 is 2.45 bits per heavy atom.